The lowest BCUT2D eigenvalue weighted by molar-refractivity contribution is 0.799. The first kappa shape index (κ1) is 11.5. The summed E-state index contributed by atoms with van der Waals surface area (Å²) in [5.41, 5.74) is 8.47. The topological polar surface area (TPSA) is 56.2 Å². The van der Waals surface area contributed by atoms with Gasteiger partial charge in [0, 0.05) is 6.42 Å². The number of aryl methyl sites for hydroxylation is 1. The maximum atomic E-state index is 5.54. The van der Waals surface area contributed by atoms with Crippen LogP contribution in [0.1, 0.15) is 24.7 Å². The molecule has 4 nitrogen and oxygen atoms in total. The molecule has 2 heterocycles. The summed E-state index contributed by atoms with van der Waals surface area (Å²) < 4.78 is 2.77. The third-order valence-electron chi connectivity index (χ3n) is 2.43. The molecule has 0 aliphatic rings. The molecule has 16 heavy (non-hydrogen) atoms. The van der Waals surface area contributed by atoms with Crippen LogP contribution < -0.4 is 5.73 Å². The zero-order valence-corrected chi connectivity index (χ0v) is 10.9. The van der Waals surface area contributed by atoms with Gasteiger partial charge < -0.3 is 5.73 Å². The van der Waals surface area contributed by atoms with Gasteiger partial charge >= 0.3 is 0 Å². The van der Waals surface area contributed by atoms with E-state index in [4.69, 9.17) is 5.73 Å². The molecule has 86 valence electrons. The van der Waals surface area contributed by atoms with Gasteiger partial charge in [-0.2, -0.15) is 5.10 Å². The van der Waals surface area contributed by atoms with Crippen molar-refractivity contribution in [3.05, 3.63) is 28.1 Å². The minimum absolute atomic E-state index is 0.601. The molecule has 0 aliphatic carbocycles. The fraction of sp³-hybridized carbons (Fsp3) is 0.455. The average molecular weight is 283 g/mol. The van der Waals surface area contributed by atoms with E-state index in [0.717, 1.165) is 40.9 Å². The van der Waals surface area contributed by atoms with E-state index in [0.29, 0.717) is 6.54 Å². The lowest BCUT2D eigenvalue weighted by Gasteiger charge is -1.99. The molecule has 0 fully saturated rings. The van der Waals surface area contributed by atoms with Crippen molar-refractivity contribution in [3.63, 3.8) is 0 Å². The Hall–Kier alpha value is -0.940. The van der Waals surface area contributed by atoms with E-state index in [1.165, 1.54) is 0 Å². The molecule has 0 bridgehead atoms. The highest BCUT2D eigenvalue weighted by Crippen LogP contribution is 2.18. The summed E-state index contributed by atoms with van der Waals surface area (Å²) in [6.45, 7) is 2.75. The summed E-state index contributed by atoms with van der Waals surface area (Å²) in [5, 5.41) is 4.53. The summed E-state index contributed by atoms with van der Waals surface area (Å²) in [6, 6.07) is 4.03. The smallest absolute Gasteiger partial charge is 0.155 e. The standard InChI is InChI=1S/C11H15BrN4/c1-2-3-8-4-5-10-14-9(6-7-13)11(12)16(10)15-8/h4-5H,2-3,6-7,13H2,1H3. The number of hydrogen-bond acceptors (Lipinski definition) is 3. The second kappa shape index (κ2) is 4.93. The van der Waals surface area contributed by atoms with Crippen molar-refractivity contribution in [1.29, 1.82) is 0 Å². The summed E-state index contributed by atoms with van der Waals surface area (Å²) in [6.07, 6.45) is 2.86. The Kier molecular flexibility index (Phi) is 3.56. The van der Waals surface area contributed by atoms with E-state index in [1.54, 1.807) is 0 Å². The van der Waals surface area contributed by atoms with Crippen LogP contribution in [0.15, 0.2) is 16.7 Å². The quantitative estimate of drug-likeness (QED) is 0.933. The molecule has 0 aromatic carbocycles. The van der Waals surface area contributed by atoms with Crippen molar-refractivity contribution < 1.29 is 0 Å². The van der Waals surface area contributed by atoms with Crippen LogP contribution in [-0.4, -0.2) is 21.1 Å². The molecule has 0 saturated heterocycles. The molecule has 2 rings (SSSR count). The third kappa shape index (κ3) is 2.10. The van der Waals surface area contributed by atoms with Crippen LogP contribution in [0.2, 0.25) is 0 Å². The van der Waals surface area contributed by atoms with Gasteiger partial charge in [0.25, 0.3) is 0 Å². The van der Waals surface area contributed by atoms with Crippen LogP contribution in [0.3, 0.4) is 0 Å². The van der Waals surface area contributed by atoms with Crippen LogP contribution in [0.4, 0.5) is 0 Å². The molecular weight excluding hydrogens is 268 g/mol. The van der Waals surface area contributed by atoms with Crippen molar-refractivity contribution in [2.24, 2.45) is 5.73 Å². The Balaban J connectivity index is 2.46. The molecular formula is C11H15BrN4. The van der Waals surface area contributed by atoms with Gasteiger partial charge in [0.1, 0.15) is 4.60 Å². The highest BCUT2D eigenvalue weighted by molar-refractivity contribution is 9.10. The van der Waals surface area contributed by atoms with Crippen molar-refractivity contribution in [2.45, 2.75) is 26.2 Å². The molecule has 0 radical (unpaired) electrons. The van der Waals surface area contributed by atoms with Gasteiger partial charge in [-0.05, 0) is 41.0 Å². The van der Waals surface area contributed by atoms with Crippen molar-refractivity contribution in [1.82, 2.24) is 14.6 Å². The number of hydrogen-bond donors (Lipinski definition) is 1. The van der Waals surface area contributed by atoms with Gasteiger partial charge in [0.2, 0.25) is 0 Å². The van der Waals surface area contributed by atoms with E-state index < -0.39 is 0 Å². The Labute approximate surface area is 103 Å². The number of rotatable bonds is 4. The fourth-order valence-corrected chi connectivity index (χ4v) is 2.22. The molecule has 0 saturated carbocycles. The molecule has 0 spiro atoms. The molecule has 0 aliphatic heterocycles. The molecule has 0 atom stereocenters. The molecule has 0 amide bonds. The van der Waals surface area contributed by atoms with Gasteiger partial charge in [0.05, 0.1) is 11.4 Å². The van der Waals surface area contributed by atoms with Crippen molar-refractivity contribution >= 4 is 21.6 Å². The Morgan fingerprint density at radius 3 is 2.88 bits per heavy atom. The molecule has 5 heteroatoms. The summed E-state index contributed by atoms with van der Waals surface area (Å²) in [5.74, 6) is 0. The minimum Gasteiger partial charge on any atom is -0.330 e. The monoisotopic (exact) mass is 282 g/mol. The van der Waals surface area contributed by atoms with E-state index >= 15 is 0 Å². The maximum absolute atomic E-state index is 5.54. The van der Waals surface area contributed by atoms with Crippen molar-refractivity contribution in [2.75, 3.05) is 6.54 Å². The van der Waals surface area contributed by atoms with Crippen LogP contribution in [-0.2, 0) is 12.8 Å². The molecule has 2 aromatic rings. The van der Waals surface area contributed by atoms with Crippen molar-refractivity contribution in [3.8, 4) is 0 Å². The first-order valence-corrected chi connectivity index (χ1v) is 6.28. The minimum atomic E-state index is 0.601. The summed E-state index contributed by atoms with van der Waals surface area (Å²) >= 11 is 3.52. The van der Waals surface area contributed by atoms with Gasteiger partial charge in [-0.1, -0.05) is 13.3 Å². The second-order valence-corrected chi connectivity index (χ2v) is 4.48. The zero-order valence-electron chi connectivity index (χ0n) is 9.28. The number of aromatic nitrogens is 3. The van der Waals surface area contributed by atoms with E-state index in [-0.39, 0.29) is 0 Å². The van der Waals surface area contributed by atoms with E-state index in [1.807, 2.05) is 16.6 Å². The normalized spacial score (nSPS) is 11.2. The first-order chi connectivity index (χ1) is 7.76. The lowest BCUT2D eigenvalue weighted by Crippen LogP contribution is -2.03. The van der Waals surface area contributed by atoms with Gasteiger partial charge in [0.15, 0.2) is 5.65 Å². The van der Waals surface area contributed by atoms with E-state index in [2.05, 4.69) is 32.9 Å². The fourth-order valence-electron chi connectivity index (χ4n) is 1.68. The maximum Gasteiger partial charge on any atom is 0.155 e. The number of nitrogens with two attached hydrogens (primary N) is 1. The largest absolute Gasteiger partial charge is 0.330 e. The third-order valence-corrected chi connectivity index (χ3v) is 3.22. The number of imidazole rings is 1. The van der Waals surface area contributed by atoms with Gasteiger partial charge in [-0.25, -0.2) is 9.50 Å². The van der Waals surface area contributed by atoms with Crippen LogP contribution >= 0.6 is 15.9 Å². The summed E-state index contributed by atoms with van der Waals surface area (Å²) in [4.78, 5) is 4.48. The van der Waals surface area contributed by atoms with Gasteiger partial charge in [-0.3, -0.25) is 0 Å². The number of halogens is 1. The lowest BCUT2D eigenvalue weighted by atomic mass is 10.2. The van der Waals surface area contributed by atoms with E-state index in [9.17, 15) is 0 Å². The van der Waals surface area contributed by atoms with Crippen LogP contribution in [0.25, 0.3) is 5.65 Å². The predicted octanol–water partition coefficient (Wildman–Crippen LogP) is 1.95. The summed E-state index contributed by atoms with van der Waals surface area (Å²) in [7, 11) is 0. The predicted molar refractivity (Wildman–Crippen MR) is 67.4 cm³/mol. The average Bonchev–Trinajstić information content (AvgIpc) is 2.58. The van der Waals surface area contributed by atoms with Crippen LogP contribution in [0.5, 0.6) is 0 Å². The van der Waals surface area contributed by atoms with Crippen LogP contribution in [0, 0.1) is 0 Å². The zero-order chi connectivity index (χ0) is 11.5. The Morgan fingerprint density at radius 2 is 2.19 bits per heavy atom. The highest BCUT2D eigenvalue weighted by atomic mass is 79.9. The molecule has 2 N–H and O–H groups in total. The number of nitrogens with zero attached hydrogens (tertiary/aromatic N) is 3. The number of fused-ring (bicyclic) bond motifs is 1. The van der Waals surface area contributed by atoms with Gasteiger partial charge in [-0.15, -0.1) is 0 Å². The SMILES string of the molecule is CCCc1ccc2nc(CCN)c(Br)n2n1. The Bertz CT molecular complexity index is 492. The molecule has 0 unspecified atom stereocenters. The molecule has 2 aromatic heterocycles. The highest BCUT2D eigenvalue weighted by Gasteiger charge is 2.10. The Morgan fingerprint density at radius 1 is 1.38 bits per heavy atom. The first-order valence-electron chi connectivity index (χ1n) is 5.49. The second-order valence-electron chi connectivity index (χ2n) is 3.73.